The Morgan fingerprint density at radius 2 is 2.12 bits per heavy atom. The molecule has 0 fully saturated rings. The van der Waals surface area contributed by atoms with Gasteiger partial charge in [0.2, 0.25) is 0 Å². The van der Waals surface area contributed by atoms with E-state index in [0.717, 1.165) is 23.8 Å². The minimum absolute atomic E-state index is 0.859. The molecule has 0 atom stereocenters. The molecule has 0 radical (unpaired) electrons. The van der Waals surface area contributed by atoms with Gasteiger partial charge in [0.25, 0.3) is 0 Å². The van der Waals surface area contributed by atoms with Crippen LogP contribution in [0.2, 0.25) is 0 Å². The molecule has 0 saturated heterocycles. The summed E-state index contributed by atoms with van der Waals surface area (Å²) in [6.45, 7) is 8.22. The van der Waals surface area contributed by atoms with Crippen molar-refractivity contribution in [2.75, 3.05) is 6.54 Å². The number of hydrogen-bond acceptors (Lipinski definition) is 3. The Morgan fingerprint density at radius 3 is 2.82 bits per heavy atom. The minimum atomic E-state index is 0.859. The maximum Gasteiger partial charge on any atom is 0.123 e. The molecule has 0 aliphatic heterocycles. The minimum Gasteiger partial charge on any atom is -0.311 e. The van der Waals surface area contributed by atoms with Crippen LogP contribution in [0.15, 0.2) is 23.6 Å². The summed E-state index contributed by atoms with van der Waals surface area (Å²) in [5.74, 6) is 0. The predicted octanol–water partition coefficient (Wildman–Crippen LogP) is 3.54. The molecule has 17 heavy (non-hydrogen) atoms. The third-order valence-corrected chi connectivity index (χ3v) is 3.64. The van der Waals surface area contributed by atoms with Crippen molar-refractivity contribution in [2.24, 2.45) is 0 Å². The molecule has 0 unspecified atom stereocenters. The lowest BCUT2D eigenvalue weighted by molar-refractivity contribution is 0.715. The van der Waals surface area contributed by atoms with E-state index in [1.807, 2.05) is 0 Å². The van der Waals surface area contributed by atoms with Crippen molar-refractivity contribution in [1.82, 2.24) is 10.3 Å². The van der Waals surface area contributed by atoms with Gasteiger partial charge in [-0.05, 0) is 26.0 Å². The van der Waals surface area contributed by atoms with E-state index < -0.39 is 0 Å². The predicted molar refractivity (Wildman–Crippen MR) is 74.4 cm³/mol. The molecule has 0 spiro atoms. The highest BCUT2D eigenvalue weighted by atomic mass is 32.1. The quantitative estimate of drug-likeness (QED) is 0.892. The number of rotatable bonds is 4. The lowest BCUT2D eigenvalue weighted by Gasteiger charge is -2.03. The van der Waals surface area contributed by atoms with Crippen LogP contribution in [-0.4, -0.2) is 11.5 Å². The third-order valence-electron chi connectivity index (χ3n) is 2.72. The summed E-state index contributed by atoms with van der Waals surface area (Å²) in [5.41, 5.74) is 4.99. The van der Waals surface area contributed by atoms with E-state index >= 15 is 0 Å². The summed E-state index contributed by atoms with van der Waals surface area (Å²) in [6, 6.07) is 6.52. The van der Waals surface area contributed by atoms with Crippen molar-refractivity contribution in [1.29, 1.82) is 0 Å². The zero-order valence-electron chi connectivity index (χ0n) is 10.6. The molecule has 2 aromatic rings. The van der Waals surface area contributed by atoms with Gasteiger partial charge in [0.05, 0.1) is 5.69 Å². The maximum atomic E-state index is 4.66. The molecule has 90 valence electrons. The molecule has 1 N–H and O–H groups in total. The van der Waals surface area contributed by atoms with E-state index in [4.69, 9.17) is 0 Å². The van der Waals surface area contributed by atoms with Gasteiger partial charge in [-0.25, -0.2) is 4.98 Å². The topological polar surface area (TPSA) is 24.9 Å². The van der Waals surface area contributed by atoms with Crippen LogP contribution < -0.4 is 5.32 Å². The second-order valence-corrected chi connectivity index (χ2v) is 5.10. The molecule has 1 aromatic heterocycles. The summed E-state index contributed by atoms with van der Waals surface area (Å²) >= 11 is 1.72. The largest absolute Gasteiger partial charge is 0.311 e. The molecule has 0 amide bonds. The van der Waals surface area contributed by atoms with Gasteiger partial charge in [-0.1, -0.05) is 30.7 Å². The second-order valence-electron chi connectivity index (χ2n) is 4.24. The molecule has 1 heterocycles. The van der Waals surface area contributed by atoms with E-state index in [2.05, 4.69) is 54.7 Å². The summed E-state index contributed by atoms with van der Waals surface area (Å²) in [4.78, 5) is 4.66. The first-order valence-electron chi connectivity index (χ1n) is 5.93. The number of thiazole rings is 1. The van der Waals surface area contributed by atoms with Crippen molar-refractivity contribution in [3.05, 3.63) is 40.4 Å². The second kappa shape index (κ2) is 5.43. The fourth-order valence-corrected chi connectivity index (χ4v) is 2.73. The Morgan fingerprint density at radius 1 is 1.29 bits per heavy atom. The third kappa shape index (κ3) is 2.93. The van der Waals surface area contributed by atoms with E-state index in [0.29, 0.717) is 0 Å². The normalized spacial score (nSPS) is 10.8. The molecule has 0 bridgehead atoms. The fourth-order valence-electron chi connectivity index (χ4n) is 1.82. The Hall–Kier alpha value is -1.19. The van der Waals surface area contributed by atoms with Gasteiger partial charge in [-0.15, -0.1) is 11.3 Å². The Balaban J connectivity index is 2.24. The van der Waals surface area contributed by atoms with Crippen LogP contribution in [-0.2, 0) is 6.54 Å². The van der Waals surface area contributed by atoms with Gasteiger partial charge in [-0.3, -0.25) is 0 Å². The molecule has 2 rings (SSSR count). The Labute approximate surface area is 107 Å². The Bertz CT molecular complexity index is 503. The summed E-state index contributed by atoms with van der Waals surface area (Å²) in [5, 5.41) is 6.55. The standard InChI is InChI=1S/C14H18N2S/c1-4-15-8-12-9-17-14(16-12)13-6-5-10(2)7-11(13)3/h5-7,9,15H,4,8H2,1-3H3. The molecular weight excluding hydrogens is 228 g/mol. The molecule has 0 aliphatic rings. The highest BCUT2D eigenvalue weighted by Crippen LogP contribution is 2.27. The fraction of sp³-hybridized carbons (Fsp3) is 0.357. The summed E-state index contributed by atoms with van der Waals surface area (Å²) < 4.78 is 0. The first kappa shape index (κ1) is 12.3. The monoisotopic (exact) mass is 246 g/mol. The number of benzene rings is 1. The van der Waals surface area contributed by atoms with Gasteiger partial charge in [0.1, 0.15) is 5.01 Å². The van der Waals surface area contributed by atoms with Gasteiger partial charge in [-0.2, -0.15) is 0 Å². The van der Waals surface area contributed by atoms with Gasteiger partial charge in [0, 0.05) is 17.5 Å². The first-order chi connectivity index (χ1) is 8.20. The first-order valence-corrected chi connectivity index (χ1v) is 6.81. The number of aryl methyl sites for hydroxylation is 2. The van der Waals surface area contributed by atoms with E-state index in [9.17, 15) is 0 Å². The highest BCUT2D eigenvalue weighted by molar-refractivity contribution is 7.13. The zero-order chi connectivity index (χ0) is 12.3. The van der Waals surface area contributed by atoms with Gasteiger partial charge >= 0.3 is 0 Å². The zero-order valence-corrected chi connectivity index (χ0v) is 11.4. The Kier molecular flexibility index (Phi) is 3.92. The lowest BCUT2D eigenvalue weighted by atomic mass is 10.1. The van der Waals surface area contributed by atoms with Crippen LogP contribution in [0, 0.1) is 13.8 Å². The highest BCUT2D eigenvalue weighted by Gasteiger charge is 2.07. The molecule has 0 saturated carbocycles. The summed E-state index contributed by atoms with van der Waals surface area (Å²) in [6.07, 6.45) is 0. The van der Waals surface area contributed by atoms with Gasteiger partial charge in [0.15, 0.2) is 0 Å². The number of nitrogens with one attached hydrogen (secondary N) is 1. The number of nitrogens with zero attached hydrogens (tertiary/aromatic N) is 1. The van der Waals surface area contributed by atoms with E-state index in [1.165, 1.54) is 16.7 Å². The van der Waals surface area contributed by atoms with Crippen molar-refractivity contribution >= 4 is 11.3 Å². The van der Waals surface area contributed by atoms with E-state index in [-0.39, 0.29) is 0 Å². The molecule has 0 aliphatic carbocycles. The maximum absolute atomic E-state index is 4.66. The van der Waals surface area contributed by atoms with Crippen molar-refractivity contribution in [3.63, 3.8) is 0 Å². The smallest absolute Gasteiger partial charge is 0.123 e. The SMILES string of the molecule is CCNCc1csc(-c2ccc(C)cc2C)n1. The molecule has 3 heteroatoms. The van der Waals surface area contributed by atoms with Crippen LogP contribution in [0.25, 0.3) is 10.6 Å². The molecule has 1 aromatic carbocycles. The van der Waals surface area contributed by atoms with Crippen molar-refractivity contribution in [2.45, 2.75) is 27.3 Å². The van der Waals surface area contributed by atoms with Crippen LogP contribution in [0.5, 0.6) is 0 Å². The van der Waals surface area contributed by atoms with Crippen LogP contribution in [0.1, 0.15) is 23.7 Å². The van der Waals surface area contributed by atoms with E-state index in [1.54, 1.807) is 11.3 Å². The van der Waals surface area contributed by atoms with Crippen molar-refractivity contribution in [3.8, 4) is 10.6 Å². The molecule has 2 nitrogen and oxygen atoms in total. The lowest BCUT2D eigenvalue weighted by Crippen LogP contribution is -2.11. The average molecular weight is 246 g/mol. The van der Waals surface area contributed by atoms with Crippen LogP contribution in [0.4, 0.5) is 0 Å². The molecular formula is C14H18N2S. The van der Waals surface area contributed by atoms with Gasteiger partial charge < -0.3 is 5.32 Å². The van der Waals surface area contributed by atoms with Crippen LogP contribution in [0.3, 0.4) is 0 Å². The van der Waals surface area contributed by atoms with Crippen molar-refractivity contribution < 1.29 is 0 Å². The summed E-state index contributed by atoms with van der Waals surface area (Å²) in [7, 11) is 0. The average Bonchev–Trinajstić information content (AvgIpc) is 2.75. The number of hydrogen-bond donors (Lipinski definition) is 1. The van der Waals surface area contributed by atoms with Crippen LogP contribution >= 0.6 is 11.3 Å². The number of aromatic nitrogens is 1.